The summed E-state index contributed by atoms with van der Waals surface area (Å²) in [5.41, 5.74) is 6.62. The van der Waals surface area contributed by atoms with E-state index >= 15 is 0 Å². The fraction of sp³-hybridized carbons (Fsp3) is 0.0909. The van der Waals surface area contributed by atoms with E-state index in [1.165, 1.54) is 12.1 Å². The van der Waals surface area contributed by atoms with Crippen molar-refractivity contribution in [3.05, 3.63) is 95.0 Å². The molecule has 7 nitrogen and oxygen atoms in total. The Labute approximate surface area is 200 Å². The quantitative estimate of drug-likeness (QED) is 0.275. The fourth-order valence-electron chi connectivity index (χ4n) is 2.79. The molecule has 0 bridgehead atoms. The summed E-state index contributed by atoms with van der Waals surface area (Å²) < 4.78 is 29.0. The number of hydrogen-bond acceptors (Lipinski definition) is 4. The zero-order valence-corrected chi connectivity index (χ0v) is 20.0. The van der Waals surface area contributed by atoms with Gasteiger partial charge in [-0.1, -0.05) is 64.5 Å². The largest absolute Gasteiger partial charge is 0.331 e. The smallest absolute Gasteiger partial charge is 0.256 e. The predicted octanol–water partition coefficient (Wildman–Crippen LogP) is 3.36. The van der Waals surface area contributed by atoms with E-state index in [-0.39, 0.29) is 16.4 Å². The first-order chi connectivity index (χ1) is 15.3. The number of carbonyl (C=O) groups is 1. The number of hydrogen-bond donors (Lipinski definition) is 4. The summed E-state index contributed by atoms with van der Waals surface area (Å²) in [6, 6.07) is 23.3. The van der Waals surface area contributed by atoms with Crippen LogP contribution in [-0.2, 0) is 21.2 Å². The van der Waals surface area contributed by atoms with Crippen LogP contribution in [0.3, 0.4) is 0 Å². The molecule has 3 rings (SSSR count). The summed E-state index contributed by atoms with van der Waals surface area (Å²) in [5.74, 6) is -0.576. The molecule has 1 atom stereocenters. The number of amides is 1. The summed E-state index contributed by atoms with van der Waals surface area (Å²) in [4.78, 5) is 12.9. The monoisotopic (exact) mass is 532 g/mol. The molecule has 0 radical (unpaired) electrons. The van der Waals surface area contributed by atoms with Crippen LogP contribution in [0.15, 0.2) is 94.3 Å². The Morgan fingerprint density at radius 2 is 1.47 bits per heavy atom. The number of halogens is 1. The molecule has 3 aromatic rings. The molecule has 3 aromatic carbocycles. The van der Waals surface area contributed by atoms with Crippen molar-refractivity contribution in [1.29, 1.82) is 0 Å². The van der Waals surface area contributed by atoms with Gasteiger partial charge in [-0.05, 0) is 60.6 Å². The van der Waals surface area contributed by atoms with E-state index < -0.39 is 22.0 Å². The average molecular weight is 533 g/mol. The molecule has 4 N–H and O–H groups in total. The van der Waals surface area contributed by atoms with Gasteiger partial charge in [-0.25, -0.2) is 8.42 Å². The van der Waals surface area contributed by atoms with Crippen LogP contribution in [-0.4, -0.2) is 25.5 Å². The van der Waals surface area contributed by atoms with Crippen LogP contribution in [0.1, 0.15) is 5.56 Å². The van der Waals surface area contributed by atoms with Gasteiger partial charge in [0.05, 0.1) is 4.90 Å². The third kappa shape index (κ3) is 7.13. The first-order valence-corrected chi connectivity index (χ1v) is 12.3. The zero-order valence-electron chi connectivity index (χ0n) is 16.8. The third-order valence-corrected chi connectivity index (χ3v) is 6.57. The van der Waals surface area contributed by atoms with E-state index in [1.807, 2.05) is 54.6 Å². The lowest BCUT2D eigenvalue weighted by molar-refractivity contribution is -0.123. The Bertz CT molecular complexity index is 1160. The van der Waals surface area contributed by atoms with Crippen molar-refractivity contribution >= 4 is 54.9 Å². The van der Waals surface area contributed by atoms with Crippen LogP contribution in [0.4, 0.5) is 5.69 Å². The van der Waals surface area contributed by atoms with Gasteiger partial charge in [-0.3, -0.25) is 15.6 Å². The van der Waals surface area contributed by atoms with Crippen molar-refractivity contribution in [2.75, 3.05) is 5.32 Å². The lowest BCUT2D eigenvalue weighted by atomic mass is 10.1. The summed E-state index contributed by atoms with van der Waals surface area (Å²) in [6.45, 7) is 0. The molecule has 0 saturated heterocycles. The number of anilines is 1. The molecular weight excluding hydrogens is 512 g/mol. The van der Waals surface area contributed by atoms with Gasteiger partial charge >= 0.3 is 0 Å². The highest BCUT2D eigenvalue weighted by atomic mass is 79.9. The van der Waals surface area contributed by atoms with E-state index in [1.54, 1.807) is 18.2 Å². The summed E-state index contributed by atoms with van der Waals surface area (Å²) in [6.07, 6.45) is 0.160. The highest BCUT2D eigenvalue weighted by molar-refractivity contribution is 9.10. The second-order valence-corrected chi connectivity index (χ2v) is 9.79. The lowest BCUT2D eigenvalue weighted by Gasteiger charge is -2.20. The second kappa shape index (κ2) is 11.2. The van der Waals surface area contributed by atoms with Crippen molar-refractivity contribution in [2.24, 2.45) is 0 Å². The van der Waals surface area contributed by atoms with Crippen LogP contribution < -0.4 is 20.9 Å². The highest BCUT2D eigenvalue weighted by Gasteiger charge is 2.26. The molecule has 32 heavy (non-hydrogen) atoms. The minimum atomic E-state index is -3.91. The maximum absolute atomic E-state index is 12.9. The zero-order chi connectivity index (χ0) is 23.0. The van der Waals surface area contributed by atoms with Gasteiger partial charge in [-0.2, -0.15) is 4.72 Å². The number of benzene rings is 3. The Kier molecular flexibility index (Phi) is 8.34. The SMILES string of the molecule is O=C(NNC(=S)Nc1ccc(Br)cc1)[C@H](Cc1ccccc1)NS(=O)(=O)c1ccccc1. The number of rotatable bonds is 7. The summed E-state index contributed by atoms with van der Waals surface area (Å²) >= 11 is 8.56. The molecule has 0 heterocycles. The molecule has 0 unspecified atom stereocenters. The number of hydrazine groups is 1. The van der Waals surface area contributed by atoms with Crippen molar-refractivity contribution in [2.45, 2.75) is 17.4 Å². The van der Waals surface area contributed by atoms with Gasteiger partial charge in [0, 0.05) is 10.2 Å². The van der Waals surface area contributed by atoms with E-state index in [0.717, 1.165) is 15.7 Å². The van der Waals surface area contributed by atoms with Crippen LogP contribution >= 0.6 is 28.1 Å². The highest BCUT2D eigenvalue weighted by Crippen LogP contribution is 2.14. The van der Waals surface area contributed by atoms with Crippen molar-refractivity contribution in [3.63, 3.8) is 0 Å². The molecule has 0 aliphatic heterocycles. The lowest BCUT2D eigenvalue weighted by Crippen LogP contribution is -2.53. The van der Waals surface area contributed by atoms with Gasteiger partial charge in [0.15, 0.2) is 5.11 Å². The van der Waals surface area contributed by atoms with Crippen LogP contribution in [0.25, 0.3) is 0 Å². The number of thiocarbonyl (C=S) groups is 1. The summed E-state index contributed by atoms with van der Waals surface area (Å²) in [5, 5.41) is 3.09. The molecule has 0 fully saturated rings. The minimum Gasteiger partial charge on any atom is -0.331 e. The van der Waals surface area contributed by atoms with Crippen LogP contribution in [0, 0.1) is 0 Å². The van der Waals surface area contributed by atoms with Gasteiger partial charge in [0.1, 0.15) is 6.04 Å². The Morgan fingerprint density at radius 3 is 2.09 bits per heavy atom. The Hall–Kier alpha value is -2.79. The normalized spacial score (nSPS) is 11.9. The predicted molar refractivity (Wildman–Crippen MR) is 132 cm³/mol. The van der Waals surface area contributed by atoms with E-state index in [4.69, 9.17) is 12.2 Å². The molecule has 0 aliphatic carbocycles. The average Bonchev–Trinajstić information content (AvgIpc) is 2.80. The van der Waals surface area contributed by atoms with Gasteiger partial charge in [-0.15, -0.1) is 0 Å². The van der Waals surface area contributed by atoms with E-state index in [0.29, 0.717) is 0 Å². The van der Waals surface area contributed by atoms with Crippen molar-refractivity contribution < 1.29 is 13.2 Å². The second-order valence-electron chi connectivity index (χ2n) is 6.75. The topological polar surface area (TPSA) is 99.3 Å². The van der Waals surface area contributed by atoms with Crippen LogP contribution in [0.2, 0.25) is 0 Å². The van der Waals surface area contributed by atoms with Gasteiger partial charge in [0.2, 0.25) is 10.0 Å². The Balaban J connectivity index is 1.68. The first-order valence-electron chi connectivity index (χ1n) is 9.57. The molecule has 0 aliphatic rings. The third-order valence-electron chi connectivity index (χ3n) is 4.35. The molecule has 10 heteroatoms. The van der Waals surface area contributed by atoms with Crippen LogP contribution in [0.5, 0.6) is 0 Å². The van der Waals surface area contributed by atoms with Gasteiger partial charge < -0.3 is 5.32 Å². The molecule has 166 valence electrons. The van der Waals surface area contributed by atoms with E-state index in [9.17, 15) is 13.2 Å². The van der Waals surface area contributed by atoms with Crippen molar-refractivity contribution in [1.82, 2.24) is 15.6 Å². The maximum atomic E-state index is 12.9. The molecule has 0 spiro atoms. The number of carbonyl (C=O) groups excluding carboxylic acids is 1. The fourth-order valence-corrected chi connectivity index (χ4v) is 4.44. The molecule has 0 saturated carbocycles. The number of nitrogens with one attached hydrogen (secondary N) is 4. The van der Waals surface area contributed by atoms with E-state index in [2.05, 4.69) is 36.8 Å². The molecule has 1 amide bonds. The van der Waals surface area contributed by atoms with Gasteiger partial charge in [0.25, 0.3) is 5.91 Å². The molecule has 0 aromatic heterocycles. The Morgan fingerprint density at radius 1 is 0.875 bits per heavy atom. The summed E-state index contributed by atoms with van der Waals surface area (Å²) in [7, 11) is -3.91. The first kappa shape index (κ1) is 23.9. The van der Waals surface area contributed by atoms with Crippen molar-refractivity contribution in [3.8, 4) is 0 Å². The minimum absolute atomic E-state index is 0.0752. The standard InChI is InChI=1S/C22H21BrN4O3S2/c23-17-11-13-18(14-12-17)24-22(31)26-25-21(28)20(15-16-7-3-1-4-8-16)27-32(29,30)19-9-5-2-6-10-19/h1-14,20,27H,15H2,(H,25,28)(H2,24,26,31)/t20-/m0/s1. The number of sulfonamides is 1. The molecular formula is C22H21BrN4O3S2. The maximum Gasteiger partial charge on any atom is 0.256 e.